The zero-order valence-electron chi connectivity index (χ0n) is 13.0. The molecule has 0 bridgehead atoms. The molecule has 2 rings (SSSR count). The molecule has 2 fully saturated rings. The number of carbonyl (C=O) groups is 2. The first-order chi connectivity index (χ1) is 9.38. The molecule has 0 unspecified atom stereocenters. The highest BCUT2D eigenvalue weighted by molar-refractivity contribution is 5.86. The second kappa shape index (κ2) is 6.15. The Morgan fingerprint density at radius 2 is 1.65 bits per heavy atom. The van der Waals surface area contributed by atoms with Crippen molar-refractivity contribution in [2.45, 2.75) is 77.4 Å². The van der Waals surface area contributed by atoms with E-state index in [2.05, 4.69) is 0 Å². The van der Waals surface area contributed by atoms with E-state index in [4.69, 9.17) is 4.74 Å². The number of ether oxygens (including phenoxy) is 1. The molecule has 0 aromatic rings. The van der Waals surface area contributed by atoms with Gasteiger partial charge in [-0.25, -0.2) is 4.79 Å². The summed E-state index contributed by atoms with van der Waals surface area (Å²) in [7, 11) is 0. The molecule has 1 heterocycles. The highest BCUT2D eigenvalue weighted by Crippen LogP contribution is 2.29. The van der Waals surface area contributed by atoms with Crippen molar-refractivity contribution >= 4 is 11.9 Å². The van der Waals surface area contributed by atoms with Crippen LogP contribution in [0.1, 0.15) is 65.7 Å². The van der Waals surface area contributed by atoms with E-state index in [-0.39, 0.29) is 23.8 Å². The van der Waals surface area contributed by atoms with E-state index in [0.29, 0.717) is 6.54 Å². The fourth-order valence-corrected chi connectivity index (χ4v) is 3.23. The van der Waals surface area contributed by atoms with Crippen LogP contribution >= 0.6 is 0 Å². The second-order valence-electron chi connectivity index (χ2n) is 7.06. The van der Waals surface area contributed by atoms with Crippen LogP contribution < -0.4 is 0 Å². The number of hydrogen-bond donors (Lipinski definition) is 0. The van der Waals surface area contributed by atoms with E-state index in [1.807, 2.05) is 20.8 Å². The summed E-state index contributed by atoms with van der Waals surface area (Å²) in [6.07, 6.45) is 7.13. The topological polar surface area (TPSA) is 46.6 Å². The zero-order valence-corrected chi connectivity index (χ0v) is 13.0. The molecular weight excluding hydrogens is 254 g/mol. The third-order valence-corrected chi connectivity index (χ3v) is 4.17. The molecule has 0 spiro atoms. The van der Waals surface area contributed by atoms with E-state index in [1.165, 1.54) is 6.42 Å². The summed E-state index contributed by atoms with van der Waals surface area (Å²) >= 11 is 0. The first kappa shape index (κ1) is 15.3. The Morgan fingerprint density at radius 3 is 2.25 bits per heavy atom. The van der Waals surface area contributed by atoms with E-state index >= 15 is 0 Å². The quantitative estimate of drug-likeness (QED) is 0.731. The summed E-state index contributed by atoms with van der Waals surface area (Å²) in [5.41, 5.74) is -0.487. The first-order valence-electron chi connectivity index (χ1n) is 7.92. The molecule has 2 aliphatic rings. The van der Waals surface area contributed by atoms with Gasteiger partial charge < -0.3 is 9.64 Å². The zero-order chi connectivity index (χ0) is 14.8. The van der Waals surface area contributed by atoms with Gasteiger partial charge >= 0.3 is 5.97 Å². The number of amides is 1. The van der Waals surface area contributed by atoms with Gasteiger partial charge in [0.2, 0.25) is 5.91 Å². The molecule has 1 aliphatic heterocycles. The van der Waals surface area contributed by atoms with Gasteiger partial charge in [0, 0.05) is 12.5 Å². The number of likely N-dealkylation sites (tertiary alicyclic amines) is 1. The number of esters is 1. The van der Waals surface area contributed by atoms with Crippen molar-refractivity contribution in [3.8, 4) is 0 Å². The summed E-state index contributed by atoms with van der Waals surface area (Å²) in [6, 6.07) is -0.358. The van der Waals surface area contributed by atoms with Gasteiger partial charge in [0.25, 0.3) is 0 Å². The van der Waals surface area contributed by atoms with Crippen LogP contribution in [-0.2, 0) is 14.3 Å². The average molecular weight is 281 g/mol. The van der Waals surface area contributed by atoms with Crippen molar-refractivity contribution < 1.29 is 14.3 Å². The van der Waals surface area contributed by atoms with Crippen LogP contribution in [0.3, 0.4) is 0 Å². The summed E-state index contributed by atoms with van der Waals surface area (Å²) < 4.78 is 5.46. The van der Waals surface area contributed by atoms with Gasteiger partial charge in [-0.15, -0.1) is 0 Å². The summed E-state index contributed by atoms with van der Waals surface area (Å²) in [5, 5.41) is 0. The minimum absolute atomic E-state index is 0.131. The van der Waals surface area contributed by atoms with Crippen molar-refractivity contribution in [3.05, 3.63) is 0 Å². The molecule has 1 aliphatic carbocycles. The van der Waals surface area contributed by atoms with Gasteiger partial charge in [-0.2, -0.15) is 0 Å². The maximum atomic E-state index is 12.6. The van der Waals surface area contributed by atoms with Crippen molar-refractivity contribution in [3.63, 3.8) is 0 Å². The maximum absolute atomic E-state index is 12.6. The standard InChI is InChI=1S/C16H27NO3/c1-16(2,3)20-15(19)13-10-7-11-17(13)14(18)12-8-5-4-6-9-12/h12-13H,4-11H2,1-3H3/t13-/m1/s1. The lowest BCUT2D eigenvalue weighted by atomic mass is 9.88. The van der Waals surface area contributed by atoms with Crippen molar-refractivity contribution in [1.29, 1.82) is 0 Å². The van der Waals surface area contributed by atoms with Crippen LogP contribution in [0, 0.1) is 5.92 Å². The van der Waals surface area contributed by atoms with E-state index in [1.54, 1.807) is 4.90 Å². The number of rotatable bonds is 2. The molecule has 114 valence electrons. The fraction of sp³-hybridized carbons (Fsp3) is 0.875. The molecule has 20 heavy (non-hydrogen) atoms. The van der Waals surface area contributed by atoms with E-state index < -0.39 is 5.60 Å². The molecule has 1 amide bonds. The fourth-order valence-electron chi connectivity index (χ4n) is 3.23. The van der Waals surface area contributed by atoms with Crippen molar-refractivity contribution in [2.24, 2.45) is 5.92 Å². The molecule has 1 saturated carbocycles. The summed E-state index contributed by atoms with van der Waals surface area (Å²) in [5.74, 6) is 0.0732. The summed E-state index contributed by atoms with van der Waals surface area (Å²) in [4.78, 5) is 26.6. The van der Waals surface area contributed by atoms with Crippen molar-refractivity contribution in [1.82, 2.24) is 4.90 Å². The van der Waals surface area contributed by atoms with Gasteiger partial charge in [-0.05, 0) is 46.5 Å². The second-order valence-corrected chi connectivity index (χ2v) is 7.06. The molecule has 0 N–H and O–H groups in total. The van der Waals surface area contributed by atoms with E-state index in [0.717, 1.165) is 38.5 Å². The largest absolute Gasteiger partial charge is 0.458 e. The SMILES string of the molecule is CC(C)(C)OC(=O)[C@H]1CCCN1C(=O)C1CCCCC1. The van der Waals surface area contributed by atoms with Crippen LogP contribution in [0.4, 0.5) is 0 Å². The lowest BCUT2D eigenvalue weighted by Crippen LogP contribution is -2.46. The van der Waals surface area contributed by atoms with Gasteiger partial charge in [0.05, 0.1) is 0 Å². The van der Waals surface area contributed by atoms with Crippen LogP contribution in [0.2, 0.25) is 0 Å². The predicted octanol–water partition coefficient (Wildman–Crippen LogP) is 2.90. The molecule has 0 radical (unpaired) electrons. The van der Waals surface area contributed by atoms with Gasteiger partial charge in [-0.3, -0.25) is 4.79 Å². The first-order valence-corrected chi connectivity index (χ1v) is 7.92. The minimum atomic E-state index is -0.487. The van der Waals surface area contributed by atoms with Crippen LogP contribution in [-0.4, -0.2) is 35.0 Å². The summed E-state index contributed by atoms with van der Waals surface area (Å²) in [6.45, 7) is 6.31. The Bertz CT molecular complexity index is 366. The number of nitrogens with zero attached hydrogens (tertiary/aromatic N) is 1. The maximum Gasteiger partial charge on any atom is 0.329 e. The van der Waals surface area contributed by atoms with Crippen molar-refractivity contribution in [2.75, 3.05) is 6.54 Å². The average Bonchev–Trinajstić information content (AvgIpc) is 2.86. The Kier molecular flexibility index (Phi) is 4.71. The highest BCUT2D eigenvalue weighted by atomic mass is 16.6. The van der Waals surface area contributed by atoms with E-state index in [9.17, 15) is 9.59 Å². The van der Waals surface area contributed by atoms with Crippen LogP contribution in [0.15, 0.2) is 0 Å². The monoisotopic (exact) mass is 281 g/mol. The molecule has 1 saturated heterocycles. The Morgan fingerprint density at radius 1 is 1.00 bits per heavy atom. The molecule has 0 aromatic heterocycles. The van der Waals surface area contributed by atoms with Gasteiger partial charge in [0.15, 0.2) is 0 Å². The lowest BCUT2D eigenvalue weighted by Gasteiger charge is -2.31. The lowest BCUT2D eigenvalue weighted by molar-refractivity contribution is -0.164. The predicted molar refractivity (Wildman–Crippen MR) is 77.2 cm³/mol. The minimum Gasteiger partial charge on any atom is -0.458 e. The number of carbonyl (C=O) groups excluding carboxylic acids is 2. The molecule has 4 nitrogen and oxygen atoms in total. The van der Waals surface area contributed by atoms with Gasteiger partial charge in [0.1, 0.15) is 11.6 Å². The number of hydrogen-bond acceptors (Lipinski definition) is 3. The normalized spacial score (nSPS) is 24.8. The third-order valence-electron chi connectivity index (χ3n) is 4.17. The Hall–Kier alpha value is -1.06. The van der Waals surface area contributed by atoms with Crippen LogP contribution in [0.25, 0.3) is 0 Å². The molecular formula is C16H27NO3. The molecule has 0 aromatic carbocycles. The van der Waals surface area contributed by atoms with Crippen LogP contribution in [0.5, 0.6) is 0 Å². The molecule has 1 atom stereocenters. The van der Waals surface area contributed by atoms with Gasteiger partial charge in [-0.1, -0.05) is 19.3 Å². The third kappa shape index (κ3) is 3.74. The highest BCUT2D eigenvalue weighted by Gasteiger charge is 2.39. The Labute approximate surface area is 121 Å². The smallest absolute Gasteiger partial charge is 0.329 e. The molecule has 4 heteroatoms. The Balaban J connectivity index is 1.99.